The van der Waals surface area contributed by atoms with Crippen molar-refractivity contribution < 1.29 is 23.4 Å². The van der Waals surface area contributed by atoms with Crippen LogP contribution in [0.15, 0.2) is 49.3 Å². The summed E-state index contributed by atoms with van der Waals surface area (Å²) in [6.07, 6.45) is 5.83. The molecule has 0 fully saturated rings. The number of hydrogen-bond acceptors (Lipinski definition) is 5. The van der Waals surface area contributed by atoms with Gasteiger partial charge in [0.1, 0.15) is 19.0 Å². The number of benzene rings is 1. The molecule has 0 aliphatic carbocycles. The van der Waals surface area contributed by atoms with Gasteiger partial charge in [0, 0.05) is 49.5 Å². The van der Waals surface area contributed by atoms with Crippen LogP contribution in [0, 0.1) is 5.82 Å². The van der Waals surface area contributed by atoms with Crippen LogP contribution in [0.3, 0.4) is 0 Å². The van der Waals surface area contributed by atoms with Gasteiger partial charge in [-0.15, -0.1) is 0 Å². The van der Waals surface area contributed by atoms with Gasteiger partial charge < -0.3 is 24.5 Å². The Morgan fingerprint density at radius 1 is 1.26 bits per heavy atom. The number of rotatable bonds is 10. The number of carbonyl (C=O) groups is 1. The summed E-state index contributed by atoms with van der Waals surface area (Å²) >= 11 is 0. The third-order valence-corrected chi connectivity index (χ3v) is 6.01. The Balaban J connectivity index is 1.82. The van der Waals surface area contributed by atoms with Crippen LogP contribution >= 0.6 is 0 Å². The maximum atomic E-state index is 14.7. The van der Waals surface area contributed by atoms with Gasteiger partial charge in [0.15, 0.2) is 11.6 Å². The van der Waals surface area contributed by atoms with Gasteiger partial charge in [-0.25, -0.2) is 4.39 Å². The lowest BCUT2D eigenvalue weighted by molar-refractivity contribution is -0.0146. The number of nitrogens with zero attached hydrogens (tertiary/aromatic N) is 1. The first-order chi connectivity index (χ1) is 16.8. The largest absolute Gasteiger partial charge is 0.488 e. The van der Waals surface area contributed by atoms with Crippen molar-refractivity contribution in [2.24, 2.45) is 0 Å². The minimum absolute atomic E-state index is 0.151. The first kappa shape index (κ1) is 24.5. The molecule has 8 heteroatoms. The second-order valence-electron chi connectivity index (χ2n) is 8.97. The average Bonchev–Trinajstić information content (AvgIpc) is 3.22. The van der Waals surface area contributed by atoms with Gasteiger partial charge in [-0.05, 0) is 31.5 Å². The second-order valence-corrected chi connectivity index (χ2v) is 8.97. The number of amides is 1. The summed E-state index contributed by atoms with van der Waals surface area (Å²) in [6, 6.07) is 6.64. The number of carbonyl (C=O) groups excluding carboxylic acids is 1. The number of ether oxygens (including phenoxy) is 3. The van der Waals surface area contributed by atoms with Crippen LogP contribution in [0.25, 0.3) is 11.3 Å². The van der Waals surface area contributed by atoms with Crippen LogP contribution in [-0.4, -0.2) is 48.3 Å². The summed E-state index contributed by atoms with van der Waals surface area (Å²) in [5, 5.41) is 2.92. The van der Waals surface area contributed by atoms with Gasteiger partial charge in [-0.3, -0.25) is 9.78 Å². The summed E-state index contributed by atoms with van der Waals surface area (Å²) in [5.41, 5.74) is 3.78. The first-order valence-corrected chi connectivity index (χ1v) is 11.5. The van der Waals surface area contributed by atoms with Crippen molar-refractivity contribution in [3.63, 3.8) is 0 Å². The summed E-state index contributed by atoms with van der Waals surface area (Å²) in [5.74, 6) is 0.0815. The van der Waals surface area contributed by atoms with Gasteiger partial charge >= 0.3 is 0 Å². The Morgan fingerprint density at radius 2 is 2.09 bits per heavy atom. The molecular formula is C27H30FN3O4. The minimum atomic E-state index is -0.496. The van der Waals surface area contributed by atoms with Crippen LogP contribution in [0.1, 0.15) is 41.0 Å². The highest BCUT2D eigenvalue weighted by molar-refractivity contribution is 6.00. The van der Waals surface area contributed by atoms with Crippen molar-refractivity contribution in [2.75, 3.05) is 26.9 Å². The molecule has 1 aliphatic rings. The molecule has 1 aliphatic heterocycles. The Bertz CT molecular complexity index is 1240. The van der Waals surface area contributed by atoms with Gasteiger partial charge in [0.2, 0.25) is 0 Å². The number of H-pyrrole nitrogens is 1. The number of nitrogens with one attached hydrogen (secondary N) is 2. The van der Waals surface area contributed by atoms with Crippen LogP contribution in [0.5, 0.6) is 11.5 Å². The van der Waals surface area contributed by atoms with E-state index in [0.29, 0.717) is 36.4 Å². The van der Waals surface area contributed by atoms with Crippen molar-refractivity contribution in [3.05, 3.63) is 77.5 Å². The molecule has 0 atom stereocenters. The number of aromatic amines is 1. The molecule has 184 valence electrons. The van der Waals surface area contributed by atoms with Crippen molar-refractivity contribution in [2.45, 2.75) is 32.3 Å². The molecular weight excluding hydrogens is 449 g/mol. The van der Waals surface area contributed by atoms with E-state index in [4.69, 9.17) is 14.2 Å². The summed E-state index contributed by atoms with van der Waals surface area (Å²) < 4.78 is 31.9. The van der Waals surface area contributed by atoms with E-state index in [0.717, 1.165) is 22.5 Å². The number of hydrogen-bond donors (Lipinski definition) is 2. The molecule has 0 radical (unpaired) electrons. The topological polar surface area (TPSA) is 85.5 Å². The fraction of sp³-hybridized carbons (Fsp3) is 0.333. The van der Waals surface area contributed by atoms with E-state index < -0.39 is 11.4 Å². The zero-order valence-corrected chi connectivity index (χ0v) is 20.2. The maximum absolute atomic E-state index is 14.7. The number of methoxy groups -OCH3 is 1. The average molecular weight is 480 g/mol. The van der Waals surface area contributed by atoms with E-state index in [1.54, 1.807) is 37.7 Å². The van der Waals surface area contributed by atoms with Gasteiger partial charge in [-0.1, -0.05) is 24.8 Å². The zero-order valence-electron chi connectivity index (χ0n) is 20.2. The van der Waals surface area contributed by atoms with Crippen LogP contribution in [-0.2, 0) is 17.6 Å². The van der Waals surface area contributed by atoms with Crippen molar-refractivity contribution >= 4 is 5.91 Å². The standard InChI is InChI=1S/C27H30FN3O4/c1-5-13-34-25-17(7-6-8-20(25)28)14-19-23-21(10-12-30-26(23)32)31-24(19)18-9-11-29-15-22(18)35-16-27(2,3)33-4/h5-9,11,15,31H,1,10,12-14,16H2,2-4H3,(H,30,32). The van der Waals surface area contributed by atoms with Crippen LogP contribution in [0.2, 0.25) is 0 Å². The number of halogens is 1. The lowest BCUT2D eigenvalue weighted by Crippen LogP contribution is -2.32. The van der Waals surface area contributed by atoms with Crippen LogP contribution in [0.4, 0.5) is 4.39 Å². The molecule has 2 N–H and O–H groups in total. The minimum Gasteiger partial charge on any atom is -0.488 e. The third kappa shape index (κ3) is 5.22. The Labute approximate surface area is 204 Å². The molecule has 7 nitrogen and oxygen atoms in total. The van der Waals surface area contributed by atoms with Crippen molar-refractivity contribution in [3.8, 4) is 22.8 Å². The van der Waals surface area contributed by atoms with E-state index in [-0.39, 0.29) is 24.7 Å². The third-order valence-electron chi connectivity index (χ3n) is 6.01. The number of fused-ring (bicyclic) bond motifs is 1. The first-order valence-electron chi connectivity index (χ1n) is 11.5. The number of aromatic nitrogens is 2. The maximum Gasteiger partial charge on any atom is 0.253 e. The molecule has 4 rings (SSSR count). The summed E-state index contributed by atoms with van der Waals surface area (Å²) in [6.45, 7) is 8.53. The lowest BCUT2D eigenvalue weighted by atomic mass is 9.94. The van der Waals surface area contributed by atoms with E-state index in [1.165, 1.54) is 6.07 Å². The molecule has 0 spiro atoms. The fourth-order valence-corrected chi connectivity index (χ4v) is 4.05. The second kappa shape index (κ2) is 10.3. The molecule has 3 heterocycles. The molecule has 3 aromatic rings. The molecule has 0 bridgehead atoms. The Kier molecular flexibility index (Phi) is 7.21. The molecule has 35 heavy (non-hydrogen) atoms. The normalized spacial score (nSPS) is 13.2. The number of para-hydroxylation sites is 1. The predicted octanol–water partition coefficient (Wildman–Crippen LogP) is 4.46. The smallest absolute Gasteiger partial charge is 0.253 e. The van der Waals surface area contributed by atoms with Gasteiger partial charge in [-0.2, -0.15) is 0 Å². The molecule has 1 amide bonds. The highest BCUT2D eigenvalue weighted by atomic mass is 19.1. The van der Waals surface area contributed by atoms with Crippen molar-refractivity contribution in [1.29, 1.82) is 0 Å². The highest BCUT2D eigenvalue weighted by Crippen LogP contribution is 2.38. The molecule has 0 unspecified atom stereocenters. The Hall–Kier alpha value is -3.65. The number of pyridine rings is 1. The van der Waals surface area contributed by atoms with E-state index in [9.17, 15) is 9.18 Å². The predicted molar refractivity (Wildman–Crippen MR) is 132 cm³/mol. The molecule has 2 aromatic heterocycles. The highest BCUT2D eigenvalue weighted by Gasteiger charge is 2.29. The van der Waals surface area contributed by atoms with Gasteiger partial charge in [0.05, 0.1) is 23.1 Å². The molecule has 1 aromatic carbocycles. The van der Waals surface area contributed by atoms with E-state index in [2.05, 4.69) is 21.9 Å². The molecule has 0 saturated heterocycles. The quantitative estimate of drug-likeness (QED) is 0.420. The summed E-state index contributed by atoms with van der Waals surface area (Å²) in [4.78, 5) is 20.6. The monoisotopic (exact) mass is 479 g/mol. The summed E-state index contributed by atoms with van der Waals surface area (Å²) in [7, 11) is 1.63. The fourth-order valence-electron chi connectivity index (χ4n) is 4.05. The van der Waals surface area contributed by atoms with E-state index >= 15 is 0 Å². The van der Waals surface area contributed by atoms with Gasteiger partial charge in [0.25, 0.3) is 5.91 Å². The Morgan fingerprint density at radius 3 is 2.86 bits per heavy atom. The van der Waals surface area contributed by atoms with Crippen molar-refractivity contribution in [1.82, 2.24) is 15.3 Å². The van der Waals surface area contributed by atoms with Crippen LogP contribution < -0.4 is 14.8 Å². The zero-order chi connectivity index (χ0) is 25.0. The SMILES string of the molecule is C=CCOc1c(F)cccc1Cc1c(-c2ccncc2OCC(C)(C)OC)[nH]c2c1C(=O)NCC2. The van der Waals surface area contributed by atoms with E-state index in [1.807, 2.05) is 19.9 Å². The molecule has 0 saturated carbocycles. The lowest BCUT2D eigenvalue weighted by Gasteiger charge is -2.23.